The fourth-order valence-electron chi connectivity index (χ4n) is 6.18. The quantitative estimate of drug-likeness (QED) is 0.328. The van der Waals surface area contributed by atoms with Gasteiger partial charge in [-0.05, 0) is 34.9 Å². The first-order valence-electron chi connectivity index (χ1n) is 11.6. The monoisotopic (exact) mass is 483 g/mol. The lowest BCUT2D eigenvalue weighted by molar-refractivity contribution is -0.137. The lowest BCUT2D eigenvalue weighted by Gasteiger charge is -2.31. The summed E-state index contributed by atoms with van der Waals surface area (Å²) in [7, 11) is 0. The van der Waals surface area contributed by atoms with Gasteiger partial charge in [0.05, 0.1) is 22.6 Å². The smallest absolute Gasteiger partial charge is 0.274 e. The van der Waals surface area contributed by atoms with Crippen LogP contribution >= 0.6 is 0 Å². The maximum absolute atomic E-state index is 14.4. The minimum absolute atomic E-state index is 0.0719. The summed E-state index contributed by atoms with van der Waals surface area (Å²) < 4.78 is 40.4. The predicted octanol–water partition coefficient (Wildman–Crippen LogP) is 6.13. The number of fused-ring (bicyclic) bond motifs is 1. The number of hydrogen-bond acceptors (Lipinski definition) is 2. The molecule has 0 radical (unpaired) electrons. The van der Waals surface area contributed by atoms with Gasteiger partial charge in [0.1, 0.15) is 5.41 Å². The van der Waals surface area contributed by atoms with Crippen molar-refractivity contribution in [1.82, 2.24) is 0 Å². The molecule has 2 aliphatic rings. The number of halogens is 3. The van der Waals surface area contributed by atoms with Crippen molar-refractivity contribution in [2.45, 2.75) is 17.0 Å². The van der Waals surface area contributed by atoms with Crippen molar-refractivity contribution >= 4 is 17.5 Å². The van der Waals surface area contributed by atoms with E-state index in [2.05, 4.69) is 0 Å². The first-order chi connectivity index (χ1) is 17.3. The van der Waals surface area contributed by atoms with Crippen LogP contribution in [-0.4, -0.2) is 11.8 Å². The molecule has 2 unspecified atom stereocenters. The number of rotatable bonds is 4. The minimum atomic E-state index is -4.60. The van der Waals surface area contributed by atoms with Crippen molar-refractivity contribution in [3.63, 3.8) is 0 Å². The highest BCUT2D eigenvalue weighted by Gasteiger charge is 2.89. The van der Waals surface area contributed by atoms with Gasteiger partial charge in [-0.15, -0.1) is 0 Å². The van der Waals surface area contributed by atoms with Gasteiger partial charge in [-0.3, -0.25) is 9.59 Å². The molecule has 0 N–H and O–H groups in total. The fraction of sp³-hybridized carbons (Fsp3) is 0.133. The molecular weight excluding hydrogens is 463 g/mol. The van der Waals surface area contributed by atoms with E-state index in [1.807, 2.05) is 91.0 Å². The fourth-order valence-corrected chi connectivity index (χ4v) is 6.18. The van der Waals surface area contributed by atoms with E-state index in [9.17, 15) is 22.8 Å². The highest BCUT2D eigenvalue weighted by Crippen LogP contribution is 2.77. The van der Waals surface area contributed by atoms with E-state index in [-0.39, 0.29) is 5.69 Å². The maximum atomic E-state index is 14.4. The van der Waals surface area contributed by atoms with Gasteiger partial charge in [-0.2, -0.15) is 13.2 Å². The van der Waals surface area contributed by atoms with Crippen LogP contribution in [0.25, 0.3) is 0 Å². The Labute approximate surface area is 205 Å². The largest absolute Gasteiger partial charge is 0.416 e. The molecule has 6 rings (SSSR count). The molecule has 6 heteroatoms. The highest BCUT2D eigenvalue weighted by molar-refractivity contribution is 6.32. The minimum Gasteiger partial charge on any atom is -0.274 e. The zero-order chi connectivity index (χ0) is 25.1. The van der Waals surface area contributed by atoms with Gasteiger partial charge >= 0.3 is 6.18 Å². The maximum Gasteiger partial charge on any atom is 0.416 e. The number of carbonyl (C=O) groups excluding carboxylic acids is 2. The number of benzene rings is 4. The summed E-state index contributed by atoms with van der Waals surface area (Å²) in [5.41, 5.74) is -0.961. The zero-order valence-electron chi connectivity index (χ0n) is 18.9. The van der Waals surface area contributed by atoms with E-state index >= 15 is 0 Å². The SMILES string of the molecule is O=C1C2C(c3ccccc3)(C(=O)N1c1cccc(C(F)(F)F)c1)C2(c1ccccc1)c1ccccc1. The van der Waals surface area contributed by atoms with Crippen molar-refractivity contribution in [1.29, 1.82) is 0 Å². The van der Waals surface area contributed by atoms with Gasteiger partial charge in [0.15, 0.2) is 0 Å². The summed E-state index contributed by atoms with van der Waals surface area (Å²) in [5.74, 6) is -1.83. The molecule has 0 bridgehead atoms. The van der Waals surface area contributed by atoms with Crippen molar-refractivity contribution in [3.8, 4) is 0 Å². The normalized spacial score (nSPS) is 22.4. The van der Waals surface area contributed by atoms with Gasteiger partial charge in [0, 0.05) is 0 Å². The number of piperidine rings is 1. The predicted molar refractivity (Wildman–Crippen MR) is 129 cm³/mol. The topological polar surface area (TPSA) is 37.4 Å². The summed E-state index contributed by atoms with van der Waals surface area (Å²) in [6.45, 7) is 0. The molecule has 1 saturated carbocycles. The second-order valence-electron chi connectivity index (χ2n) is 9.17. The Kier molecular flexibility index (Phi) is 4.74. The van der Waals surface area contributed by atoms with Crippen molar-refractivity contribution in [2.75, 3.05) is 4.90 Å². The van der Waals surface area contributed by atoms with Crippen LogP contribution in [0.4, 0.5) is 18.9 Å². The molecule has 178 valence electrons. The van der Waals surface area contributed by atoms with Crippen molar-refractivity contribution in [3.05, 3.63) is 138 Å². The van der Waals surface area contributed by atoms with Gasteiger partial charge < -0.3 is 0 Å². The molecule has 2 atom stereocenters. The van der Waals surface area contributed by atoms with Crippen LogP contribution < -0.4 is 4.90 Å². The summed E-state index contributed by atoms with van der Waals surface area (Å²) in [6.07, 6.45) is -4.60. The van der Waals surface area contributed by atoms with E-state index in [1.54, 1.807) is 0 Å². The van der Waals surface area contributed by atoms with E-state index in [0.29, 0.717) is 5.56 Å². The molecule has 0 spiro atoms. The molecule has 2 fully saturated rings. The molecule has 2 amide bonds. The van der Waals surface area contributed by atoms with E-state index in [4.69, 9.17) is 0 Å². The first kappa shape index (κ1) is 22.3. The lowest BCUT2D eigenvalue weighted by Crippen LogP contribution is -2.44. The molecule has 4 aromatic carbocycles. The molecule has 0 aromatic heterocycles. The third kappa shape index (κ3) is 2.75. The molecule has 36 heavy (non-hydrogen) atoms. The summed E-state index contributed by atoms with van der Waals surface area (Å²) >= 11 is 0. The van der Waals surface area contributed by atoms with Crippen LogP contribution in [-0.2, 0) is 26.6 Å². The molecule has 1 aliphatic heterocycles. The Hall–Kier alpha value is -4.19. The summed E-state index contributed by atoms with van der Waals surface area (Å²) in [4.78, 5) is 29.5. The number of anilines is 1. The van der Waals surface area contributed by atoms with E-state index < -0.39 is 40.3 Å². The molecule has 4 aromatic rings. The molecule has 1 saturated heterocycles. The highest BCUT2D eigenvalue weighted by atomic mass is 19.4. The molecule has 3 nitrogen and oxygen atoms in total. The average Bonchev–Trinajstić information content (AvgIpc) is 3.49. The number of hydrogen-bond donors (Lipinski definition) is 0. The lowest BCUT2D eigenvalue weighted by atomic mass is 9.76. The Bertz CT molecular complexity index is 1430. The number of nitrogens with zero attached hydrogens (tertiary/aromatic N) is 1. The van der Waals surface area contributed by atoms with E-state index in [1.165, 1.54) is 12.1 Å². The van der Waals surface area contributed by atoms with Gasteiger partial charge in [-0.1, -0.05) is 97.1 Å². The summed E-state index contributed by atoms with van der Waals surface area (Å²) in [5, 5.41) is 0. The molecule has 1 heterocycles. The number of amides is 2. The van der Waals surface area contributed by atoms with Crippen LogP contribution in [0.5, 0.6) is 0 Å². The van der Waals surface area contributed by atoms with Crippen molar-refractivity contribution < 1.29 is 22.8 Å². The number of carbonyl (C=O) groups is 2. The Morgan fingerprint density at radius 1 is 0.611 bits per heavy atom. The summed E-state index contributed by atoms with van der Waals surface area (Å²) in [6, 6.07) is 32.3. The van der Waals surface area contributed by atoms with Crippen LogP contribution in [0.3, 0.4) is 0 Å². The standard InChI is InChI=1S/C30H20F3NO2/c31-30(32,33)23-17-10-18-24(19-23)34-26(35)25-28(20-11-4-1-5-12-20,21-13-6-2-7-14-21)29(25,27(34)36)22-15-8-3-9-16-22/h1-19,25H. The zero-order valence-corrected chi connectivity index (χ0v) is 18.9. The third-order valence-electron chi connectivity index (χ3n) is 7.53. The van der Waals surface area contributed by atoms with Crippen LogP contribution in [0.15, 0.2) is 115 Å². The number of alkyl halides is 3. The Morgan fingerprint density at radius 3 is 1.56 bits per heavy atom. The first-order valence-corrected chi connectivity index (χ1v) is 11.6. The molecule has 1 aliphatic carbocycles. The van der Waals surface area contributed by atoms with Gasteiger partial charge in [0.2, 0.25) is 11.8 Å². The Balaban J connectivity index is 1.61. The number of imide groups is 1. The van der Waals surface area contributed by atoms with Crippen LogP contribution in [0.1, 0.15) is 22.3 Å². The second kappa shape index (κ2) is 7.65. The second-order valence-corrected chi connectivity index (χ2v) is 9.17. The third-order valence-corrected chi connectivity index (χ3v) is 7.53. The van der Waals surface area contributed by atoms with Gasteiger partial charge in [0.25, 0.3) is 0 Å². The molecular formula is C30H20F3NO2. The van der Waals surface area contributed by atoms with E-state index in [0.717, 1.165) is 28.2 Å². The average molecular weight is 483 g/mol. The van der Waals surface area contributed by atoms with Gasteiger partial charge in [-0.25, -0.2) is 4.90 Å². The van der Waals surface area contributed by atoms with Crippen molar-refractivity contribution in [2.24, 2.45) is 5.92 Å². The van der Waals surface area contributed by atoms with Crippen LogP contribution in [0.2, 0.25) is 0 Å². The Morgan fingerprint density at radius 2 is 1.08 bits per heavy atom. The van der Waals surface area contributed by atoms with Crippen LogP contribution in [0, 0.1) is 5.92 Å².